The molecule has 1 amide bonds. The quantitative estimate of drug-likeness (QED) is 0.417. The number of aryl methyl sites for hydroxylation is 1. The number of hydrogen-bond donors (Lipinski definition) is 1. The van der Waals surface area contributed by atoms with Gasteiger partial charge in [-0.15, -0.1) is 0 Å². The number of rotatable bonds is 8. The zero-order valence-corrected chi connectivity index (χ0v) is 20.6. The summed E-state index contributed by atoms with van der Waals surface area (Å²) >= 11 is 0. The summed E-state index contributed by atoms with van der Waals surface area (Å²) in [4.78, 5) is 15.4. The minimum Gasteiger partial charge on any atom is -0.493 e. The van der Waals surface area contributed by atoms with Crippen molar-refractivity contribution >= 4 is 5.91 Å². The first-order valence-electron chi connectivity index (χ1n) is 13.4. The van der Waals surface area contributed by atoms with Crippen LogP contribution in [0.3, 0.4) is 0 Å². The highest BCUT2D eigenvalue weighted by Crippen LogP contribution is 2.43. The maximum absolute atomic E-state index is 13.2. The molecule has 0 spiro atoms. The second kappa shape index (κ2) is 11.3. The van der Waals surface area contributed by atoms with Crippen molar-refractivity contribution in [1.82, 2.24) is 10.2 Å². The standard InChI is InChI=1S/C29H31F3N2O3/c1-33-28(35)27(20-7-5-4-6-8-20)34-16-15-21-17-25(36-2)26(37-3)18-23(21)24(34)14-11-19-9-12-22(13-10-19)29(30,31)32/h4-10,12-13,17-18,24,27H,11,14-16H2,1-3H3,(H,33,35)/t24-,27+/m0/s1/i2D,3D. The Labute approximate surface area is 218 Å². The first-order valence-corrected chi connectivity index (χ1v) is 12.0. The first kappa shape index (κ1) is 23.9. The van der Waals surface area contributed by atoms with E-state index in [9.17, 15) is 18.0 Å². The molecular weight excluding hydrogens is 481 g/mol. The molecule has 0 fully saturated rings. The Morgan fingerprint density at radius 3 is 2.38 bits per heavy atom. The minimum atomic E-state index is -4.40. The summed E-state index contributed by atoms with van der Waals surface area (Å²) in [6, 6.07) is 17.4. The molecule has 0 bridgehead atoms. The van der Waals surface area contributed by atoms with E-state index >= 15 is 0 Å². The van der Waals surface area contributed by atoms with E-state index in [1.807, 2.05) is 42.5 Å². The fourth-order valence-electron chi connectivity index (χ4n) is 5.01. The third kappa shape index (κ3) is 5.74. The zero-order valence-electron chi connectivity index (χ0n) is 22.6. The van der Waals surface area contributed by atoms with Crippen LogP contribution >= 0.6 is 0 Å². The number of halogens is 3. The van der Waals surface area contributed by atoms with Crippen molar-refractivity contribution in [1.29, 1.82) is 0 Å². The molecule has 0 aromatic heterocycles. The van der Waals surface area contributed by atoms with E-state index in [-0.39, 0.29) is 26.1 Å². The summed E-state index contributed by atoms with van der Waals surface area (Å²) < 4.78 is 65.2. The molecule has 0 saturated heterocycles. The number of nitrogens with one attached hydrogen (secondary N) is 1. The lowest BCUT2D eigenvalue weighted by Crippen LogP contribution is -2.44. The van der Waals surface area contributed by atoms with Gasteiger partial charge in [0, 0.05) is 19.6 Å². The van der Waals surface area contributed by atoms with Gasteiger partial charge in [0.05, 0.1) is 22.5 Å². The molecule has 3 aromatic carbocycles. The normalized spacial score (nSPS) is 17.2. The predicted molar refractivity (Wildman–Crippen MR) is 136 cm³/mol. The van der Waals surface area contributed by atoms with Crippen molar-refractivity contribution in [3.8, 4) is 11.5 Å². The lowest BCUT2D eigenvalue weighted by molar-refractivity contribution is -0.137. The molecule has 5 nitrogen and oxygen atoms in total. The molecule has 0 aliphatic carbocycles. The molecule has 3 aromatic rings. The van der Waals surface area contributed by atoms with Gasteiger partial charge in [-0.1, -0.05) is 42.5 Å². The van der Waals surface area contributed by atoms with Crippen molar-refractivity contribution in [2.45, 2.75) is 37.5 Å². The number of alkyl halides is 3. The third-order valence-electron chi connectivity index (χ3n) is 6.84. The Kier molecular flexibility index (Phi) is 7.26. The van der Waals surface area contributed by atoms with Crippen LogP contribution in [-0.2, 0) is 23.8 Å². The van der Waals surface area contributed by atoms with Gasteiger partial charge in [-0.05, 0) is 65.8 Å². The highest BCUT2D eigenvalue weighted by Gasteiger charge is 2.37. The van der Waals surface area contributed by atoms with Gasteiger partial charge in [0.15, 0.2) is 11.5 Å². The molecule has 196 valence electrons. The molecule has 37 heavy (non-hydrogen) atoms. The molecule has 8 heteroatoms. The molecule has 4 rings (SSSR count). The highest BCUT2D eigenvalue weighted by molar-refractivity contribution is 5.83. The van der Waals surface area contributed by atoms with E-state index in [1.54, 1.807) is 7.05 Å². The van der Waals surface area contributed by atoms with Gasteiger partial charge >= 0.3 is 6.18 Å². The van der Waals surface area contributed by atoms with Gasteiger partial charge in [-0.25, -0.2) is 0 Å². The summed E-state index contributed by atoms with van der Waals surface area (Å²) in [5.74, 6) is 0.561. The van der Waals surface area contributed by atoms with Crippen molar-refractivity contribution in [2.24, 2.45) is 0 Å². The molecule has 1 aliphatic heterocycles. The average Bonchev–Trinajstić information content (AvgIpc) is 2.93. The Morgan fingerprint density at radius 1 is 1.08 bits per heavy atom. The third-order valence-corrected chi connectivity index (χ3v) is 6.84. The van der Waals surface area contributed by atoms with E-state index in [4.69, 9.17) is 12.2 Å². The smallest absolute Gasteiger partial charge is 0.416 e. The highest BCUT2D eigenvalue weighted by atomic mass is 19.4. The van der Waals surface area contributed by atoms with Crippen LogP contribution in [0.15, 0.2) is 66.7 Å². The van der Waals surface area contributed by atoms with Crippen molar-refractivity contribution in [3.63, 3.8) is 0 Å². The number of nitrogens with zero attached hydrogens (tertiary/aromatic N) is 1. The van der Waals surface area contributed by atoms with Gasteiger partial charge in [-0.3, -0.25) is 9.69 Å². The minimum absolute atomic E-state index is 0.166. The molecule has 2 atom stereocenters. The number of hydrogen-bond acceptors (Lipinski definition) is 4. The molecule has 0 radical (unpaired) electrons. The van der Waals surface area contributed by atoms with Gasteiger partial charge in [-0.2, -0.15) is 13.2 Å². The lowest BCUT2D eigenvalue weighted by Gasteiger charge is -2.42. The molecule has 0 saturated carbocycles. The number of likely N-dealkylation sites (N-methyl/N-ethyl adjacent to an activating group) is 1. The number of ether oxygens (including phenoxy) is 2. The Balaban J connectivity index is 1.74. The van der Waals surface area contributed by atoms with Crippen molar-refractivity contribution in [2.75, 3.05) is 27.8 Å². The maximum Gasteiger partial charge on any atom is 0.416 e. The van der Waals surface area contributed by atoms with Crippen LogP contribution in [-0.4, -0.2) is 38.6 Å². The van der Waals surface area contributed by atoms with E-state index in [0.29, 0.717) is 37.3 Å². The number of carbonyl (C=O) groups is 1. The summed E-state index contributed by atoms with van der Waals surface area (Å²) in [6.07, 6.45) is -2.78. The van der Waals surface area contributed by atoms with Crippen molar-refractivity contribution in [3.05, 3.63) is 94.5 Å². The fraction of sp³-hybridized carbons (Fsp3) is 0.345. The number of carbonyl (C=O) groups excluding carboxylic acids is 1. The van der Waals surface area contributed by atoms with E-state index in [0.717, 1.165) is 34.4 Å². The molecular formula is C29H31F3N2O3. The number of fused-ring (bicyclic) bond motifs is 1. The van der Waals surface area contributed by atoms with Gasteiger partial charge in [0.1, 0.15) is 6.04 Å². The summed E-state index contributed by atoms with van der Waals surface area (Å²) in [7, 11) is 0.958. The summed E-state index contributed by atoms with van der Waals surface area (Å²) in [6.45, 7) is 0.552. The molecule has 1 aliphatic rings. The largest absolute Gasteiger partial charge is 0.493 e. The van der Waals surface area contributed by atoms with Crippen LogP contribution in [0.4, 0.5) is 13.2 Å². The zero-order chi connectivity index (χ0) is 28.0. The summed E-state index contributed by atoms with van der Waals surface area (Å²) in [5, 5.41) is 2.78. The molecule has 1 N–H and O–H groups in total. The number of methoxy groups -OCH3 is 2. The van der Waals surface area contributed by atoms with Gasteiger partial charge < -0.3 is 14.8 Å². The van der Waals surface area contributed by atoms with Crippen LogP contribution in [0.25, 0.3) is 0 Å². The second-order valence-corrected chi connectivity index (χ2v) is 8.95. The second-order valence-electron chi connectivity index (χ2n) is 8.95. The number of benzene rings is 3. The van der Waals surface area contributed by atoms with Gasteiger partial charge in [0.25, 0.3) is 0 Å². The van der Waals surface area contributed by atoms with Crippen LogP contribution in [0.1, 0.15) is 49.1 Å². The molecule has 1 heterocycles. The topological polar surface area (TPSA) is 50.8 Å². The van der Waals surface area contributed by atoms with E-state index < -0.39 is 17.8 Å². The van der Waals surface area contributed by atoms with Crippen LogP contribution < -0.4 is 14.8 Å². The van der Waals surface area contributed by atoms with Crippen LogP contribution in [0.5, 0.6) is 11.5 Å². The lowest BCUT2D eigenvalue weighted by atomic mass is 9.86. The van der Waals surface area contributed by atoms with Crippen LogP contribution in [0, 0.1) is 0 Å². The Hall–Kier alpha value is -3.52. The monoisotopic (exact) mass is 514 g/mol. The Bertz CT molecular complexity index is 1260. The first-order chi connectivity index (χ1) is 18.8. The van der Waals surface area contributed by atoms with Crippen LogP contribution in [0.2, 0.25) is 0 Å². The fourth-order valence-corrected chi connectivity index (χ4v) is 5.01. The SMILES string of the molecule is [2H]COc1cc2c(cc1OC[2H])[C@H](CCc1ccc(C(F)(F)F)cc1)N([C@@H](C(=O)NC)c1ccccc1)CC2. The predicted octanol–water partition coefficient (Wildman–Crippen LogP) is 5.74. The van der Waals surface area contributed by atoms with Gasteiger partial charge in [0.2, 0.25) is 5.91 Å². The number of amides is 1. The van der Waals surface area contributed by atoms with Crippen molar-refractivity contribution < 1.29 is 30.2 Å². The van der Waals surface area contributed by atoms with E-state index in [1.165, 1.54) is 12.1 Å². The summed E-state index contributed by atoms with van der Waals surface area (Å²) in [5.41, 5.74) is 2.77. The maximum atomic E-state index is 13.2. The van der Waals surface area contributed by atoms with E-state index in [2.05, 4.69) is 10.2 Å². The molecule has 0 unspecified atom stereocenters. The average molecular weight is 515 g/mol. The Morgan fingerprint density at radius 2 is 1.76 bits per heavy atom.